The fourth-order valence-electron chi connectivity index (χ4n) is 3.09. The Morgan fingerprint density at radius 3 is 0.775 bits per heavy atom. The second-order valence-corrected chi connectivity index (χ2v) is 8.73. The van der Waals surface area contributed by atoms with Gasteiger partial charge in [0.15, 0.2) is 0 Å². The van der Waals surface area contributed by atoms with Gasteiger partial charge in [0, 0.05) is 0 Å². The molecule has 0 saturated carbocycles. The zero-order chi connectivity index (χ0) is 29.8. The van der Waals surface area contributed by atoms with Crippen LogP contribution in [0.25, 0.3) is 35.4 Å². The van der Waals surface area contributed by atoms with Crippen molar-refractivity contribution in [2.75, 3.05) is 0 Å². The lowest BCUT2D eigenvalue weighted by atomic mass is 10.0. The van der Waals surface area contributed by atoms with E-state index >= 15 is 0 Å². The monoisotopic (exact) mass is 534 g/mol. The van der Waals surface area contributed by atoms with Crippen LogP contribution in [0.1, 0.15) is 103 Å². The van der Waals surface area contributed by atoms with Crippen LogP contribution in [0.5, 0.6) is 0 Å². The van der Waals surface area contributed by atoms with Crippen molar-refractivity contribution >= 4 is 24.3 Å². The number of hydrogen-bond acceptors (Lipinski definition) is 0. The Kier molecular flexibility index (Phi) is 23.3. The Labute approximate surface area is 247 Å². The van der Waals surface area contributed by atoms with E-state index in [2.05, 4.69) is 149 Å². The molecule has 0 amide bonds. The summed E-state index contributed by atoms with van der Waals surface area (Å²) < 4.78 is 0. The molecule has 4 aromatic carbocycles. The normalized spacial score (nSPS) is 9.70. The highest BCUT2D eigenvalue weighted by Gasteiger charge is 1.98. The molecule has 0 aromatic heterocycles. The molecule has 0 atom stereocenters. The highest BCUT2D eigenvalue weighted by atomic mass is 14.0. The number of rotatable bonds is 7. The smallest absolute Gasteiger partial charge is 0.0184 e. The van der Waals surface area contributed by atoms with E-state index in [1.807, 2.05) is 39.8 Å². The van der Waals surface area contributed by atoms with E-state index in [0.29, 0.717) is 0 Å². The van der Waals surface area contributed by atoms with Crippen LogP contribution in [0.15, 0.2) is 109 Å². The van der Waals surface area contributed by atoms with Gasteiger partial charge in [-0.3, -0.25) is 0 Å². The standard InChI is InChI=1S/C28H22.2C4H10.2C2H6/c1-3-7-23(8-4-1)11-13-25-15-19-27(20-16-25)28-21-17-26(18-22-28)14-12-24-9-5-2-6-10-24;2*1-3-4-2;2*1-2/h1-22H;2*3-4H2,1-2H3;2*1-2H3. The average Bonchev–Trinajstić information content (AvgIpc) is 3.06. The Bertz CT molecular complexity index is 1020. The van der Waals surface area contributed by atoms with Gasteiger partial charge in [-0.25, -0.2) is 0 Å². The van der Waals surface area contributed by atoms with Crippen LogP contribution in [-0.2, 0) is 0 Å². The topological polar surface area (TPSA) is 0 Å². The van der Waals surface area contributed by atoms with Crippen molar-refractivity contribution in [3.8, 4) is 11.1 Å². The zero-order valence-corrected chi connectivity index (χ0v) is 26.5. The summed E-state index contributed by atoms with van der Waals surface area (Å²) in [5.74, 6) is 0. The van der Waals surface area contributed by atoms with Crippen molar-refractivity contribution < 1.29 is 0 Å². The van der Waals surface area contributed by atoms with Crippen LogP contribution in [0.4, 0.5) is 0 Å². The number of unbranched alkanes of at least 4 members (excludes halogenated alkanes) is 2. The van der Waals surface area contributed by atoms with Gasteiger partial charge in [0.05, 0.1) is 0 Å². The van der Waals surface area contributed by atoms with Crippen molar-refractivity contribution in [2.24, 2.45) is 0 Å². The molecule has 0 unspecified atom stereocenters. The molecule has 0 aliphatic carbocycles. The summed E-state index contributed by atoms with van der Waals surface area (Å²) in [7, 11) is 0. The first kappa shape index (κ1) is 36.4. The highest BCUT2D eigenvalue weighted by Crippen LogP contribution is 2.22. The van der Waals surface area contributed by atoms with Gasteiger partial charge in [0.2, 0.25) is 0 Å². The van der Waals surface area contributed by atoms with E-state index in [-0.39, 0.29) is 0 Å². The predicted molar refractivity (Wildman–Crippen MR) is 186 cm³/mol. The van der Waals surface area contributed by atoms with Gasteiger partial charge in [-0.05, 0) is 33.4 Å². The van der Waals surface area contributed by atoms with Crippen LogP contribution in [-0.4, -0.2) is 0 Å². The lowest BCUT2D eigenvalue weighted by Gasteiger charge is -2.03. The SMILES string of the molecule is C(=Cc1ccc(-c2ccc(C=Cc3ccccc3)cc2)cc1)c1ccccc1.CC.CC.CCCC.CCCC. The lowest BCUT2D eigenvalue weighted by molar-refractivity contribution is 0.886. The lowest BCUT2D eigenvalue weighted by Crippen LogP contribution is -1.80. The van der Waals surface area contributed by atoms with E-state index in [0.717, 1.165) is 0 Å². The quantitative estimate of drug-likeness (QED) is 0.207. The molecule has 0 aliphatic heterocycles. The van der Waals surface area contributed by atoms with E-state index in [4.69, 9.17) is 0 Å². The second kappa shape index (κ2) is 25.6. The fraction of sp³-hybridized carbons (Fsp3) is 0.300. The molecule has 4 aromatic rings. The Hall–Kier alpha value is -3.64. The Morgan fingerprint density at radius 1 is 0.325 bits per heavy atom. The van der Waals surface area contributed by atoms with Crippen molar-refractivity contribution in [1.82, 2.24) is 0 Å². The summed E-state index contributed by atoms with van der Waals surface area (Å²) in [6.07, 6.45) is 13.9. The van der Waals surface area contributed by atoms with Crippen LogP contribution < -0.4 is 0 Å². The van der Waals surface area contributed by atoms with E-state index in [1.165, 1.54) is 59.1 Å². The summed E-state index contributed by atoms with van der Waals surface area (Å²) in [5, 5.41) is 0. The van der Waals surface area contributed by atoms with Crippen molar-refractivity contribution in [1.29, 1.82) is 0 Å². The molecule has 4 rings (SSSR count). The maximum absolute atomic E-state index is 2.18. The highest BCUT2D eigenvalue weighted by molar-refractivity contribution is 5.74. The summed E-state index contributed by atoms with van der Waals surface area (Å²) in [6, 6.07) is 38.1. The molecule has 0 fully saturated rings. The fourth-order valence-corrected chi connectivity index (χ4v) is 3.09. The van der Waals surface area contributed by atoms with Crippen molar-refractivity contribution in [3.05, 3.63) is 131 Å². The van der Waals surface area contributed by atoms with Gasteiger partial charge in [-0.15, -0.1) is 0 Å². The van der Waals surface area contributed by atoms with Crippen molar-refractivity contribution in [3.63, 3.8) is 0 Å². The first-order valence-electron chi connectivity index (χ1n) is 15.4. The third-order valence-electron chi connectivity index (χ3n) is 5.69. The average molecular weight is 535 g/mol. The summed E-state index contributed by atoms with van der Waals surface area (Å²) in [4.78, 5) is 0. The molecular formula is C40H54. The molecule has 0 heteroatoms. The molecule has 0 aliphatic rings. The van der Waals surface area contributed by atoms with Gasteiger partial charge in [-0.2, -0.15) is 0 Å². The third kappa shape index (κ3) is 16.4. The minimum absolute atomic E-state index is 1.20. The number of benzene rings is 4. The minimum atomic E-state index is 1.20. The first-order chi connectivity index (χ1) is 19.7. The van der Waals surface area contributed by atoms with Crippen LogP contribution in [0, 0.1) is 0 Å². The van der Waals surface area contributed by atoms with E-state index < -0.39 is 0 Å². The molecule has 0 bridgehead atoms. The maximum atomic E-state index is 2.18. The molecule has 0 spiro atoms. The molecule has 0 N–H and O–H groups in total. The number of hydrogen-bond donors (Lipinski definition) is 0. The molecular weight excluding hydrogens is 480 g/mol. The Balaban J connectivity index is 0.00000109. The second-order valence-electron chi connectivity index (χ2n) is 8.73. The van der Waals surface area contributed by atoms with Gasteiger partial charge in [-0.1, -0.05) is 215 Å². The third-order valence-corrected chi connectivity index (χ3v) is 5.69. The van der Waals surface area contributed by atoms with Gasteiger partial charge in [0.1, 0.15) is 0 Å². The van der Waals surface area contributed by atoms with Crippen molar-refractivity contribution in [2.45, 2.75) is 81.1 Å². The van der Waals surface area contributed by atoms with Crippen LogP contribution >= 0.6 is 0 Å². The van der Waals surface area contributed by atoms with Gasteiger partial charge >= 0.3 is 0 Å². The minimum Gasteiger partial charge on any atom is -0.0683 e. The molecule has 0 saturated heterocycles. The molecule has 0 heterocycles. The van der Waals surface area contributed by atoms with Crippen LogP contribution in [0.2, 0.25) is 0 Å². The van der Waals surface area contributed by atoms with E-state index in [1.54, 1.807) is 0 Å². The van der Waals surface area contributed by atoms with Crippen LogP contribution in [0.3, 0.4) is 0 Å². The molecule has 0 nitrogen and oxygen atoms in total. The molecule has 40 heavy (non-hydrogen) atoms. The van der Waals surface area contributed by atoms with Gasteiger partial charge < -0.3 is 0 Å². The largest absolute Gasteiger partial charge is 0.0683 e. The predicted octanol–water partition coefficient (Wildman–Crippen LogP) is 13.4. The van der Waals surface area contributed by atoms with E-state index in [9.17, 15) is 0 Å². The van der Waals surface area contributed by atoms with Gasteiger partial charge in [0.25, 0.3) is 0 Å². The Morgan fingerprint density at radius 2 is 0.550 bits per heavy atom. The summed E-state index contributed by atoms with van der Waals surface area (Å²) in [6.45, 7) is 16.7. The first-order valence-corrected chi connectivity index (χ1v) is 15.4. The zero-order valence-electron chi connectivity index (χ0n) is 26.5. The molecule has 0 radical (unpaired) electrons. The molecule has 214 valence electrons. The maximum Gasteiger partial charge on any atom is -0.0184 e. The summed E-state index contributed by atoms with van der Waals surface area (Å²) >= 11 is 0. The summed E-state index contributed by atoms with van der Waals surface area (Å²) in [5.41, 5.74) is 7.30.